The molecule has 3 rings (SSSR count). The van der Waals surface area contributed by atoms with Crippen molar-refractivity contribution in [1.29, 1.82) is 0 Å². The molecule has 8 heteroatoms. The number of carbonyl (C=O) groups excluding carboxylic acids is 1. The lowest BCUT2D eigenvalue weighted by Gasteiger charge is -2.30. The molecule has 1 aliphatic heterocycles. The minimum atomic E-state index is -3.54. The van der Waals surface area contributed by atoms with Crippen molar-refractivity contribution in [1.82, 2.24) is 4.31 Å². The highest BCUT2D eigenvalue weighted by atomic mass is 32.2. The number of hydrogen-bond donors (Lipinski definition) is 1. The van der Waals surface area contributed by atoms with Crippen LogP contribution in [0.3, 0.4) is 0 Å². The van der Waals surface area contributed by atoms with Crippen LogP contribution in [0.5, 0.6) is 5.75 Å². The Labute approximate surface area is 183 Å². The third-order valence-electron chi connectivity index (χ3n) is 5.03. The van der Waals surface area contributed by atoms with E-state index in [1.807, 2.05) is 56.5 Å². The van der Waals surface area contributed by atoms with Gasteiger partial charge in [0, 0.05) is 23.9 Å². The molecule has 1 N–H and O–H groups in total. The van der Waals surface area contributed by atoms with E-state index in [4.69, 9.17) is 4.74 Å². The van der Waals surface area contributed by atoms with Crippen LogP contribution >= 0.6 is 11.8 Å². The van der Waals surface area contributed by atoms with Gasteiger partial charge in [0.1, 0.15) is 5.75 Å². The fraction of sp³-hybridized carbons (Fsp3) is 0.409. The minimum absolute atomic E-state index is 0.00137. The number of benzene rings is 2. The van der Waals surface area contributed by atoms with Gasteiger partial charge in [-0.05, 0) is 69.3 Å². The van der Waals surface area contributed by atoms with E-state index >= 15 is 0 Å². The number of sulfonamides is 1. The van der Waals surface area contributed by atoms with Crippen molar-refractivity contribution in [3.63, 3.8) is 0 Å². The van der Waals surface area contributed by atoms with Crippen LogP contribution < -0.4 is 10.1 Å². The van der Waals surface area contributed by atoms with E-state index in [1.165, 1.54) is 4.31 Å². The monoisotopic (exact) mass is 448 g/mol. The molecule has 2 aromatic rings. The number of anilines is 1. The predicted molar refractivity (Wildman–Crippen MR) is 121 cm³/mol. The first-order valence-electron chi connectivity index (χ1n) is 10.0. The second-order valence-corrected chi connectivity index (χ2v) is 10.3. The van der Waals surface area contributed by atoms with E-state index in [0.29, 0.717) is 42.3 Å². The van der Waals surface area contributed by atoms with Crippen LogP contribution in [0.25, 0.3) is 0 Å². The van der Waals surface area contributed by atoms with Crippen LogP contribution in [0.1, 0.15) is 26.7 Å². The predicted octanol–water partition coefficient (Wildman–Crippen LogP) is 4.24. The number of hydrogen-bond acceptors (Lipinski definition) is 5. The van der Waals surface area contributed by atoms with E-state index in [-0.39, 0.29) is 17.9 Å². The molecular weight excluding hydrogens is 420 g/mol. The maximum Gasteiger partial charge on any atom is 0.243 e. The van der Waals surface area contributed by atoms with Crippen molar-refractivity contribution >= 4 is 33.4 Å². The lowest BCUT2D eigenvalue weighted by molar-refractivity contribution is -0.120. The standard InChI is InChI=1S/C22H28N2O4S2/c1-16(2)28-21-7-5-4-6-20(21)23-22(25)17-12-14-24(15-13-17)30(26,27)19-10-8-18(29-3)9-11-19/h4-11,16-17H,12-15H2,1-3H3,(H,23,25). The highest BCUT2D eigenvalue weighted by molar-refractivity contribution is 7.98. The van der Waals surface area contributed by atoms with Gasteiger partial charge in [-0.1, -0.05) is 12.1 Å². The third-order valence-corrected chi connectivity index (χ3v) is 7.69. The van der Waals surface area contributed by atoms with E-state index in [0.717, 1.165) is 4.90 Å². The molecular formula is C22H28N2O4S2. The summed E-state index contributed by atoms with van der Waals surface area (Å²) >= 11 is 1.57. The summed E-state index contributed by atoms with van der Waals surface area (Å²) in [6.07, 6.45) is 2.93. The Morgan fingerprint density at radius 1 is 1.10 bits per heavy atom. The molecule has 0 radical (unpaired) electrons. The van der Waals surface area contributed by atoms with Crippen molar-refractivity contribution in [2.75, 3.05) is 24.7 Å². The Kier molecular flexibility index (Phi) is 7.44. The Bertz CT molecular complexity index is 967. The number of piperidine rings is 1. The van der Waals surface area contributed by atoms with E-state index in [1.54, 1.807) is 23.9 Å². The van der Waals surface area contributed by atoms with Gasteiger partial charge in [0.2, 0.25) is 15.9 Å². The summed E-state index contributed by atoms with van der Waals surface area (Å²) in [6, 6.07) is 14.3. The Hall–Kier alpha value is -2.03. The summed E-state index contributed by atoms with van der Waals surface area (Å²) in [7, 11) is -3.54. The van der Waals surface area contributed by atoms with Crippen molar-refractivity contribution in [3.8, 4) is 5.75 Å². The molecule has 0 aliphatic carbocycles. The Balaban J connectivity index is 1.62. The first-order chi connectivity index (χ1) is 14.3. The van der Waals surface area contributed by atoms with Crippen LogP contribution in [0.2, 0.25) is 0 Å². The first-order valence-corrected chi connectivity index (χ1v) is 12.7. The molecule has 0 unspecified atom stereocenters. The Morgan fingerprint density at radius 3 is 2.33 bits per heavy atom. The van der Waals surface area contributed by atoms with Gasteiger partial charge >= 0.3 is 0 Å². The quantitative estimate of drug-likeness (QED) is 0.642. The fourth-order valence-corrected chi connectivity index (χ4v) is 5.29. The summed E-state index contributed by atoms with van der Waals surface area (Å²) in [5, 5.41) is 2.95. The number of thioether (sulfide) groups is 1. The molecule has 0 aromatic heterocycles. The second-order valence-electron chi connectivity index (χ2n) is 7.51. The van der Waals surface area contributed by atoms with Gasteiger partial charge in [-0.15, -0.1) is 11.8 Å². The summed E-state index contributed by atoms with van der Waals surface area (Å²) in [5.74, 6) is 0.299. The summed E-state index contributed by atoms with van der Waals surface area (Å²) in [5.41, 5.74) is 0.639. The average molecular weight is 449 g/mol. The number of rotatable bonds is 7. The molecule has 2 aromatic carbocycles. The van der Waals surface area contributed by atoms with Crippen LogP contribution in [0.15, 0.2) is 58.3 Å². The molecule has 1 aliphatic rings. The molecule has 1 saturated heterocycles. The lowest BCUT2D eigenvalue weighted by Crippen LogP contribution is -2.41. The lowest BCUT2D eigenvalue weighted by atomic mass is 9.97. The molecule has 1 fully saturated rings. The van der Waals surface area contributed by atoms with Crippen LogP contribution in [0, 0.1) is 5.92 Å². The molecule has 0 bridgehead atoms. The molecule has 30 heavy (non-hydrogen) atoms. The van der Waals surface area contributed by atoms with Gasteiger partial charge < -0.3 is 10.1 Å². The SMILES string of the molecule is CSc1ccc(S(=O)(=O)N2CCC(C(=O)Nc3ccccc3OC(C)C)CC2)cc1. The topological polar surface area (TPSA) is 75.7 Å². The zero-order chi connectivity index (χ0) is 21.7. The van der Waals surface area contributed by atoms with Crippen molar-refractivity contribution < 1.29 is 17.9 Å². The van der Waals surface area contributed by atoms with Gasteiger partial charge in [-0.25, -0.2) is 8.42 Å². The molecule has 0 atom stereocenters. The summed E-state index contributed by atoms with van der Waals surface area (Å²) < 4.78 is 33.0. The minimum Gasteiger partial charge on any atom is -0.489 e. The molecule has 1 heterocycles. The first kappa shape index (κ1) is 22.7. The van der Waals surface area contributed by atoms with Gasteiger partial charge in [0.05, 0.1) is 16.7 Å². The third kappa shape index (κ3) is 5.36. The van der Waals surface area contributed by atoms with Gasteiger partial charge in [0.25, 0.3) is 0 Å². The zero-order valence-corrected chi connectivity index (χ0v) is 19.1. The van der Waals surface area contributed by atoms with E-state index < -0.39 is 10.0 Å². The van der Waals surface area contributed by atoms with Crippen LogP contribution in [-0.4, -0.2) is 44.1 Å². The smallest absolute Gasteiger partial charge is 0.243 e. The van der Waals surface area contributed by atoms with E-state index in [2.05, 4.69) is 5.32 Å². The van der Waals surface area contributed by atoms with Crippen molar-refractivity contribution in [2.24, 2.45) is 5.92 Å². The van der Waals surface area contributed by atoms with Gasteiger partial charge in [0.15, 0.2) is 0 Å². The number of nitrogens with zero attached hydrogens (tertiary/aromatic N) is 1. The van der Waals surface area contributed by atoms with Gasteiger partial charge in [-0.3, -0.25) is 4.79 Å². The molecule has 6 nitrogen and oxygen atoms in total. The van der Waals surface area contributed by atoms with Gasteiger partial charge in [-0.2, -0.15) is 4.31 Å². The maximum absolute atomic E-state index is 12.9. The van der Waals surface area contributed by atoms with Crippen molar-refractivity contribution in [2.45, 2.75) is 42.6 Å². The summed E-state index contributed by atoms with van der Waals surface area (Å²) in [6.45, 7) is 4.52. The second kappa shape index (κ2) is 9.85. The normalized spacial score (nSPS) is 15.9. The molecule has 1 amide bonds. The Morgan fingerprint density at radius 2 is 1.73 bits per heavy atom. The number of nitrogens with one attached hydrogen (secondary N) is 1. The highest BCUT2D eigenvalue weighted by Crippen LogP contribution is 2.29. The number of carbonyl (C=O) groups is 1. The average Bonchev–Trinajstić information content (AvgIpc) is 2.75. The maximum atomic E-state index is 12.9. The highest BCUT2D eigenvalue weighted by Gasteiger charge is 2.32. The summed E-state index contributed by atoms with van der Waals surface area (Å²) in [4.78, 5) is 14.1. The largest absolute Gasteiger partial charge is 0.489 e. The van der Waals surface area contributed by atoms with Crippen molar-refractivity contribution in [3.05, 3.63) is 48.5 Å². The molecule has 0 saturated carbocycles. The zero-order valence-electron chi connectivity index (χ0n) is 17.5. The van der Waals surface area contributed by atoms with E-state index in [9.17, 15) is 13.2 Å². The molecule has 0 spiro atoms. The fourth-order valence-electron chi connectivity index (χ4n) is 3.42. The number of ether oxygens (including phenoxy) is 1. The molecule has 162 valence electrons. The van der Waals surface area contributed by atoms with Crippen LogP contribution in [-0.2, 0) is 14.8 Å². The van der Waals surface area contributed by atoms with Crippen LogP contribution in [0.4, 0.5) is 5.69 Å². The number of amides is 1. The number of para-hydroxylation sites is 2.